The number of benzene rings is 2. The highest BCUT2D eigenvalue weighted by molar-refractivity contribution is 6.99. The zero-order chi connectivity index (χ0) is 24.2. The van der Waals surface area contributed by atoms with Crippen molar-refractivity contribution in [2.24, 2.45) is 16.7 Å². The van der Waals surface area contributed by atoms with Crippen molar-refractivity contribution in [2.45, 2.75) is 72.3 Å². The molecule has 0 bridgehead atoms. The average molecular weight is 463 g/mol. The summed E-state index contributed by atoms with van der Waals surface area (Å²) in [5.41, 5.74) is 0.112. The Labute approximate surface area is 202 Å². The summed E-state index contributed by atoms with van der Waals surface area (Å²) in [7, 11) is -2.55. The highest BCUT2D eigenvalue weighted by atomic mass is 28.4. The molecule has 0 saturated heterocycles. The second kappa shape index (κ2) is 10.2. The van der Waals surface area contributed by atoms with Crippen LogP contribution in [0.15, 0.2) is 60.7 Å². The van der Waals surface area contributed by atoms with Crippen molar-refractivity contribution in [1.29, 1.82) is 0 Å². The summed E-state index contributed by atoms with van der Waals surface area (Å²) < 4.78 is 7.34. The molecule has 1 unspecified atom stereocenters. The SMILES string of the molecule is CC1(C)C(C#CCCCO)CC[C@@]1(C)CO[Si](c1ccccc1)(c1ccccc1)C(C)(C)C. The van der Waals surface area contributed by atoms with Gasteiger partial charge in [-0.05, 0) is 45.5 Å². The molecule has 1 aliphatic rings. The molecular formula is C30H42O2Si. The van der Waals surface area contributed by atoms with Crippen LogP contribution >= 0.6 is 0 Å². The van der Waals surface area contributed by atoms with Gasteiger partial charge in [-0.25, -0.2) is 0 Å². The number of aliphatic hydroxyl groups excluding tert-OH is 1. The van der Waals surface area contributed by atoms with Gasteiger partial charge in [0.25, 0.3) is 8.32 Å². The molecular weight excluding hydrogens is 420 g/mol. The fourth-order valence-electron chi connectivity index (χ4n) is 5.47. The Kier molecular flexibility index (Phi) is 7.94. The topological polar surface area (TPSA) is 29.5 Å². The minimum absolute atomic E-state index is 0.0156. The molecule has 0 radical (unpaired) electrons. The molecule has 1 aliphatic carbocycles. The fourth-order valence-corrected chi connectivity index (χ4v) is 10.2. The Morgan fingerprint density at radius 3 is 2.00 bits per heavy atom. The van der Waals surface area contributed by atoms with Gasteiger partial charge in [0.05, 0.1) is 0 Å². The maximum absolute atomic E-state index is 9.06. The van der Waals surface area contributed by atoms with Crippen LogP contribution in [0, 0.1) is 28.6 Å². The van der Waals surface area contributed by atoms with Gasteiger partial charge in [0.15, 0.2) is 0 Å². The monoisotopic (exact) mass is 462 g/mol. The third-order valence-electron chi connectivity index (χ3n) is 8.17. The Bertz CT molecular complexity index is 910. The van der Waals surface area contributed by atoms with Gasteiger partial charge in [0.2, 0.25) is 0 Å². The van der Waals surface area contributed by atoms with Gasteiger partial charge in [0, 0.05) is 25.6 Å². The summed E-state index contributed by atoms with van der Waals surface area (Å²) in [6.45, 7) is 15.1. The van der Waals surface area contributed by atoms with Crippen molar-refractivity contribution >= 4 is 18.7 Å². The third-order valence-corrected chi connectivity index (χ3v) is 13.2. The quantitative estimate of drug-likeness (QED) is 0.321. The van der Waals surface area contributed by atoms with Crippen molar-refractivity contribution in [3.8, 4) is 11.8 Å². The first-order valence-electron chi connectivity index (χ1n) is 12.4. The van der Waals surface area contributed by atoms with Crippen molar-refractivity contribution in [2.75, 3.05) is 13.2 Å². The molecule has 2 aromatic rings. The molecule has 0 spiro atoms. The van der Waals surface area contributed by atoms with Gasteiger partial charge in [-0.3, -0.25) is 0 Å². The summed E-state index contributed by atoms with van der Waals surface area (Å²) in [6.07, 6.45) is 3.77. The Hall–Kier alpha value is -1.86. The van der Waals surface area contributed by atoms with Gasteiger partial charge in [-0.15, -0.1) is 5.92 Å². The molecule has 1 saturated carbocycles. The van der Waals surface area contributed by atoms with E-state index >= 15 is 0 Å². The fraction of sp³-hybridized carbons (Fsp3) is 0.533. The highest BCUT2D eigenvalue weighted by Crippen LogP contribution is 2.56. The Morgan fingerprint density at radius 2 is 1.52 bits per heavy atom. The van der Waals surface area contributed by atoms with E-state index in [1.165, 1.54) is 10.4 Å². The van der Waals surface area contributed by atoms with Crippen molar-refractivity contribution < 1.29 is 9.53 Å². The van der Waals surface area contributed by atoms with E-state index in [0.717, 1.165) is 32.3 Å². The maximum atomic E-state index is 9.06. The van der Waals surface area contributed by atoms with E-state index in [-0.39, 0.29) is 22.5 Å². The van der Waals surface area contributed by atoms with E-state index in [1.807, 2.05) is 0 Å². The molecule has 178 valence electrons. The zero-order valence-corrected chi connectivity index (χ0v) is 22.4. The van der Waals surface area contributed by atoms with Crippen LogP contribution in [0.5, 0.6) is 0 Å². The molecule has 3 heteroatoms. The van der Waals surface area contributed by atoms with Gasteiger partial charge >= 0.3 is 0 Å². The standard InChI is InChI=1S/C30H42O2Si/c1-28(2,3)33(26-17-11-7-12-18-26,27-19-13-8-14-20-27)32-24-30(6)22-21-25(29(30,4)5)16-10-9-15-23-31/h7-8,11-14,17-20,25,31H,9,15,21-24H2,1-6H3/t25?,30-/m0/s1. The predicted octanol–water partition coefficient (Wildman–Crippen LogP) is 5.78. The lowest BCUT2D eigenvalue weighted by Crippen LogP contribution is -2.67. The second-order valence-corrected chi connectivity index (χ2v) is 15.8. The first-order chi connectivity index (χ1) is 15.6. The van der Waals surface area contributed by atoms with E-state index in [1.54, 1.807) is 0 Å². The lowest BCUT2D eigenvalue weighted by Gasteiger charge is -2.47. The highest BCUT2D eigenvalue weighted by Gasteiger charge is 2.55. The van der Waals surface area contributed by atoms with Crippen LogP contribution in [0.4, 0.5) is 0 Å². The molecule has 2 atom stereocenters. The summed E-state index contributed by atoms with van der Waals surface area (Å²) in [5.74, 6) is 7.24. The lowest BCUT2D eigenvalue weighted by atomic mass is 9.66. The minimum Gasteiger partial charge on any atom is -0.407 e. The van der Waals surface area contributed by atoms with Crippen LogP contribution in [-0.2, 0) is 4.43 Å². The number of aliphatic hydroxyl groups is 1. The molecule has 1 N–H and O–H groups in total. The van der Waals surface area contributed by atoms with Gasteiger partial charge in [-0.2, -0.15) is 0 Å². The second-order valence-electron chi connectivity index (χ2n) is 11.5. The van der Waals surface area contributed by atoms with E-state index in [4.69, 9.17) is 9.53 Å². The normalized spacial score (nSPS) is 22.6. The van der Waals surface area contributed by atoms with Crippen molar-refractivity contribution in [3.05, 3.63) is 60.7 Å². The molecule has 2 aromatic carbocycles. The number of hydrogen-bond donors (Lipinski definition) is 1. The van der Waals surface area contributed by atoms with E-state index in [0.29, 0.717) is 5.92 Å². The van der Waals surface area contributed by atoms with Crippen LogP contribution < -0.4 is 10.4 Å². The van der Waals surface area contributed by atoms with E-state index in [2.05, 4.69) is 114 Å². The molecule has 0 heterocycles. The molecule has 33 heavy (non-hydrogen) atoms. The molecule has 2 nitrogen and oxygen atoms in total. The maximum Gasteiger partial charge on any atom is 0.261 e. The number of rotatable bonds is 7. The largest absolute Gasteiger partial charge is 0.407 e. The van der Waals surface area contributed by atoms with Crippen LogP contribution in [0.3, 0.4) is 0 Å². The van der Waals surface area contributed by atoms with Crippen molar-refractivity contribution in [3.63, 3.8) is 0 Å². The molecule has 0 aromatic heterocycles. The van der Waals surface area contributed by atoms with Gasteiger partial charge in [-0.1, -0.05) is 108 Å². The molecule has 3 rings (SSSR count). The summed E-state index contributed by atoms with van der Waals surface area (Å²) in [5, 5.41) is 11.7. The Morgan fingerprint density at radius 1 is 0.970 bits per heavy atom. The predicted molar refractivity (Wildman–Crippen MR) is 142 cm³/mol. The summed E-state index contributed by atoms with van der Waals surface area (Å²) in [6, 6.07) is 21.8. The number of hydrogen-bond acceptors (Lipinski definition) is 2. The summed E-state index contributed by atoms with van der Waals surface area (Å²) >= 11 is 0. The van der Waals surface area contributed by atoms with Gasteiger partial charge in [0.1, 0.15) is 0 Å². The van der Waals surface area contributed by atoms with Crippen LogP contribution in [0.1, 0.15) is 67.2 Å². The third kappa shape index (κ3) is 4.99. The summed E-state index contributed by atoms with van der Waals surface area (Å²) in [4.78, 5) is 0. The molecule has 0 amide bonds. The molecule has 0 aliphatic heterocycles. The number of unbranched alkanes of at least 4 members (excludes halogenated alkanes) is 1. The average Bonchev–Trinajstić information content (AvgIpc) is 3.01. The van der Waals surface area contributed by atoms with E-state index < -0.39 is 8.32 Å². The van der Waals surface area contributed by atoms with Crippen LogP contribution in [0.25, 0.3) is 0 Å². The first-order valence-corrected chi connectivity index (χ1v) is 14.3. The van der Waals surface area contributed by atoms with E-state index in [9.17, 15) is 0 Å². The molecule has 1 fully saturated rings. The minimum atomic E-state index is -2.55. The van der Waals surface area contributed by atoms with Crippen LogP contribution in [-0.4, -0.2) is 26.6 Å². The van der Waals surface area contributed by atoms with Crippen LogP contribution in [0.2, 0.25) is 5.04 Å². The smallest absolute Gasteiger partial charge is 0.261 e. The first kappa shape index (κ1) is 25.8. The Balaban J connectivity index is 1.97. The van der Waals surface area contributed by atoms with Crippen molar-refractivity contribution in [1.82, 2.24) is 0 Å². The lowest BCUT2D eigenvalue weighted by molar-refractivity contribution is 0.0442. The van der Waals surface area contributed by atoms with Gasteiger partial charge < -0.3 is 9.53 Å². The zero-order valence-electron chi connectivity index (χ0n) is 21.4.